The van der Waals surface area contributed by atoms with Crippen LogP contribution in [0.25, 0.3) is 22.6 Å². The van der Waals surface area contributed by atoms with Gasteiger partial charge in [-0.1, -0.05) is 18.2 Å². The molecule has 0 fully saturated rings. The summed E-state index contributed by atoms with van der Waals surface area (Å²) in [5.41, 5.74) is 2.48. The maximum Gasteiger partial charge on any atom is 0.315 e. The standard InChI is InChI=1S/C23H21N3O5/c1-13(23(29)30)21(27)24-16-7-8-17-18(12-16)25-20-15(9-10-26(20)22(17)28)11-14-5-3-4-6-19(14)31-2/h3-8,11-13H,9-10H2,1-2H3,(H,24,27)(H,29,30). The summed E-state index contributed by atoms with van der Waals surface area (Å²) in [5.74, 6) is -1.73. The molecule has 1 atom stereocenters. The molecule has 2 aromatic carbocycles. The molecule has 3 aromatic rings. The van der Waals surface area contributed by atoms with Gasteiger partial charge >= 0.3 is 5.97 Å². The molecule has 0 saturated heterocycles. The molecule has 0 saturated carbocycles. The molecule has 1 unspecified atom stereocenters. The van der Waals surface area contributed by atoms with E-state index in [1.54, 1.807) is 29.9 Å². The van der Waals surface area contributed by atoms with E-state index in [1.807, 2.05) is 30.3 Å². The van der Waals surface area contributed by atoms with Crippen LogP contribution in [0.4, 0.5) is 5.69 Å². The van der Waals surface area contributed by atoms with Crippen molar-refractivity contribution in [3.05, 3.63) is 64.2 Å². The molecule has 0 bridgehead atoms. The number of hydrogen-bond acceptors (Lipinski definition) is 5. The minimum Gasteiger partial charge on any atom is -0.496 e. The Morgan fingerprint density at radius 3 is 2.77 bits per heavy atom. The van der Waals surface area contributed by atoms with Crippen molar-refractivity contribution in [1.82, 2.24) is 9.55 Å². The van der Waals surface area contributed by atoms with Crippen molar-refractivity contribution in [2.75, 3.05) is 12.4 Å². The summed E-state index contributed by atoms with van der Waals surface area (Å²) >= 11 is 0. The van der Waals surface area contributed by atoms with Crippen LogP contribution in [0.1, 0.15) is 24.7 Å². The fraction of sp³-hybridized carbons (Fsp3) is 0.217. The summed E-state index contributed by atoms with van der Waals surface area (Å²) in [7, 11) is 1.61. The van der Waals surface area contributed by atoms with Gasteiger partial charge in [-0.15, -0.1) is 0 Å². The normalized spacial score (nSPS) is 15.0. The second-order valence-electron chi connectivity index (χ2n) is 7.33. The largest absolute Gasteiger partial charge is 0.496 e. The Bertz CT molecular complexity index is 1290. The highest BCUT2D eigenvalue weighted by Gasteiger charge is 2.23. The molecule has 31 heavy (non-hydrogen) atoms. The lowest BCUT2D eigenvalue weighted by Crippen LogP contribution is -2.27. The van der Waals surface area contributed by atoms with Crippen molar-refractivity contribution in [2.24, 2.45) is 5.92 Å². The van der Waals surface area contributed by atoms with Gasteiger partial charge in [-0.25, -0.2) is 4.98 Å². The van der Waals surface area contributed by atoms with Crippen LogP contribution in [-0.4, -0.2) is 33.6 Å². The number of allylic oxidation sites excluding steroid dienone is 1. The molecule has 158 valence electrons. The molecule has 4 rings (SSSR count). The first-order valence-corrected chi connectivity index (χ1v) is 9.81. The first-order chi connectivity index (χ1) is 14.9. The van der Waals surface area contributed by atoms with E-state index in [0.29, 0.717) is 35.4 Å². The van der Waals surface area contributed by atoms with Crippen molar-refractivity contribution < 1.29 is 19.4 Å². The highest BCUT2D eigenvalue weighted by atomic mass is 16.5. The highest BCUT2D eigenvalue weighted by molar-refractivity contribution is 6.04. The van der Waals surface area contributed by atoms with E-state index in [4.69, 9.17) is 9.84 Å². The molecular weight excluding hydrogens is 398 g/mol. The number of carbonyl (C=O) groups is 2. The van der Waals surface area contributed by atoms with Crippen molar-refractivity contribution >= 4 is 40.1 Å². The zero-order chi connectivity index (χ0) is 22.1. The van der Waals surface area contributed by atoms with Crippen molar-refractivity contribution in [2.45, 2.75) is 19.9 Å². The summed E-state index contributed by atoms with van der Waals surface area (Å²) in [6.45, 7) is 1.85. The van der Waals surface area contributed by atoms with Gasteiger partial charge in [0.15, 0.2) is 0 Å². The second kappa shape index (κ2) is 8.06. The van der Waals surface area contributed by atoms with E-state index in [2.05, 4.69) is 10.3 Å². The monoisotopic (exact) mass is 419 g/mol. The summed E-state index contributed by atoms with van der Waals surface area (Å²) in [5, 5.41) is 12.0. The van der Waals surface area contributed by atoms with Gasteiger partial charge in [-0.05, 0) is 49.3 Å². The third-order valence-electron chi connectivity index (χ3n) is 5.35. The van der Waals surface area contributed by atoms with Gasteiger partial charge in [0, 0.05) is 17.8 Å². The number of aromatic nitrogens is 2. The molecule has 0 radical (unpaired) electrons. The number of carboxylic acids is 1. The Labute approximate surface area is 177 Å². The van der Waals surface area contributed by atoms with Crippen LogP contribution in [0.5, 0.6) is 5.75 Å². The number of fused-ring (bicyclic) bond motifs is 2. The number of nitrogens with one attached hydrogen (secondary N) is 1. The molecule has 1 amide bonds. The summed E-state index contributed by atoms with van der Waals surface area (Å²) < 4.78 is 7.06. The average molecular weight is 419 g/mol. The van der Waals surface area contributed by atoms with Crippen LogP contribution in [0.2, 0.25) is 0 Å². The number of amides is 1. The minimum absolute atomic E-state index is 0.153. The van der Waals surface area contributed by atoms with Crippen molar-refractivity contribution in [3.8, 4) is 5.75 Å². The van der Waals surface area contributed by atoms with Crippen molar-refractivity contribution in [3.63, 3.8) is 0 Å². The van der Waals surface area contributed by atoms with E-state index >= 15 is 0 Å². The number of anilines is 1. The van der Waals surface area contributed by atoms with E-state index in [-0.39, 0.29) is 5.56 Å². The fourth-order valence-electron chi connectivity index (χ4n) is 3.57. The smallest absolute Gasteiger partial charge is 0.315 e. The predicted molar refractivity (Wildman–Crippen MR) is 117 cm³/mol. The number of methoxy groups -OCH3 is 1. The first kappa shape index (κ1) is 20.3. The Balaban J connectivity index is 1.75. The van der Waals surface area contributed by atoms with E-state index in [0.717, 1.165) is 16.9 Å². The van der Waals surface area contributed by atoms with Gasteiger partial charge in [-0.2, -0.15) is 0 Å². The molecule has 8 heteroatoms. The zero-order valence-electron chi connectivity index (χ0n) is 17.1. The number of ether oxygens (including phenoxy) is 1. The quantitative estimate of drug-likeness (QED) is 0.615. The number of aliphatic carboxylic acids is 1. The molecule has 0 aliphatic carbocycles. The van der Waals surface area contributed by atoms with Crippen LogP contribution < -0.4 is 15.6 Å². The van der Waals surface area contributed by atoms with Crippen LogP contribution >= 0.6 is 0 Å². The summed E-state index contributed by atoms with van der Waals surface area (Å²) in [6, 6.07) is 12.4. The Kier molecular flexibility index (Phi) is 5.29. The minimum atomic E-state index is -1.21. The van der Waals surface area contributed by atoms with E-state index < -0.39 is 17.8 Å². The predicted octanol–water partition coefficient (Wildman–Crippen LogP) is 3.01. The molecule has 0 spiro atoms. The third kappa shape index (κ3) is 3.79. The highest BCUT2D eigenvalue weighted by Crippen LogP contribution is 2.30. The Hall–Kier alpha value is -3.94. The topological polar surface area (TPSA) is 111 Å². The van der Waals surface area contributed by atoms with Gasteiger partial charge in [0.25, 0.3) is 5.56 Å². The number of hydrogen-bond donors (Lipinski definition) is 2. The number of benzene rings is 2. The molecule has 2 N–H and O–H groups in total. The first-order valence-electron chi connectivity index (χ1n) is 9.81. The van der Waals surface area contributed by atoms with Gasteiger partial charge in [0.05, 0.1) is 18.0 Å². The summed E-state index contributed by atoms with van der Waals surface area (Å²) in [4.78, 5) is 40.7. The van der Waals surface area contributed by atoms with Crippen LogP contribution in [0, 0.1) is 5.92 Å². The maximum absolute atomic E-state index is 13.0. The van der Waals surface area contributed by atoms with Gasteiger partial charge < -0.3 is 15.2 Å². The fourth-order valence-corrected chi connectivity index (χ4v) is 3.57. The van der Waals surface area contributed by atoms with Gasteiger partial charge in [0.1, 0.15) is 17.5 Å². The second-order valence-corrected chi connectivity index (χ2v) is 7.33. The number of carbonyl (C=O) groups excluding carboxylic acids is 1. The van der Waals surface area contributed by atoms with Crippen LogP contribution in [0.3, 0.4) is 0 Å². The molecule has 8 nitrogen and oxygen atoms in total. The molecule has 2 heterocycles. The van der Waals surface area contributed by atoms with Gasteiger partial charge in [0.2, 0.25) is 5.91 Å². The third-order valence-corrected chi connectivity index (χ3v) is 5.35. The Morgan fingerprint density at radius 2 is 2.03 bits per heavy atom. The lowest BCUT2D eigenvalue weighted by Gasteiger charge is -2.10. The number of nitrogens with zero attached hydrogens (tertiary/aromatic N) is 2. The number of rotatable bonds is 5. The zero-order valence-corrected chi connectivity index (χ0v) is 17.1. The lowest BCUT2D eigenvalue weighted by atomic mass is 10.1. The number of para-hydroxylation sites is 1. The summed E-state index contributed by atoms with van der Waals surface area (Å²) in [6.07, 6.45) is 2.63. The molecular formula is C23H21N3O5. The van der Waals surface area contributed by atoms with E-state index in [1.165, 1.54) is 6.92 Å². The maximum atomic E-state index is 13.0. The van der Waals surface area contributed by atoms with E-state index in [9.17, 15) is 14.4 Å². The molecule has 1 aliphatic heterocycles. The average Bonchev–Trinajstić information content (AvgIpc) is 3.16. The van der Waals surface area contributed by atoms with Gasteiger partial charge in [-0.3, -0.25) is 19.0 Å². The van der Waals surface area contributed by atoms with Crippen LogP contribution in [-0.2, 0) is 16.1 Å². The van der Waals surface area contributed by atoms with Crippen molar-refractivity contribution in [1.29, 1.82) is 0 Å². The molecule has 1 aromatic heterocycles. The number of carboxylic acid groups (broad SMARTS) is 1. The molecule has 1 aliphatic rings. The van der Waals surface area contributed by atoms with Crippen LogP contribution in [0.15, 0.2) is 47.3 Å². The Morgan fingerprint density at radius 1 is 1.26 bits per heavy atom. The SMILES string of the molecule is COc1ccccc1C=C1CCn2c1nc1cc(NC(=O)C(C)C(=O)O)ccc1c2=O. The lowest BCUT2D eigenvalue weighted by molar-refractivity contribution is -0.144.